The quantitative estimate of drug-likeness (QED) is 0.837. The van der Waals surface area contributed by atoms with Crippen molar-refractivity contribution in [1.29, 1.82) is 10.5 Å². The summed E-state index contributed by atoms with van der Waals surface area (Å²) < 4.78 is 25.6. The van der Waals surface area contributed by atoms with Gasteiger partial charge in [0.1, 0.15) is 6.07 Å². The zero-order valence-electron chi connectivity index (χ0n) is 8.24. The van der Waals surface area contributed by atoms with Crippen molar-refractivity contribution < 1.29 is 8.78 Å². The molecule has 16 heavy (non-hydrogen) atoms. The molecule has 0 aliphatic heterocycles. The predicted molar refractivity (Wildman–Crippen MR) is 51.1 cm³/mol. The summed E-state index contributed by atoms with van der Waals surface area (Å²) in [5.74, 6) is 0. The van der Waals surface area contributed by atoms with Gasteiger partial charge in [0.2, 0.25) is 0 Å². The van der Waals surface area contributed by atoms with Gasteiger partial charge in [-0.25, -0.2) is 8.78 Å². The van der Waals surface area contributed by atoms with Crippen LogP contribution >= 0.6 is 0 Å². The lowest BCUT2D eigenvalue weighted by Gasteiger charge is -2.11. The minimum absolute atomic E-state index is 0.0167. The number of hydrogen-bond acceptors (Lipinski definition) is 4. The van der Waals surface area contributed by atoms with Gasteiger partial charge in [-0.1, -0.05) is 0 Å². The van der Waals surface area contributed by atoms with Crippen molar-refractivity contribution in [1.82, 2.24) is 4.98 Å². The zero-order valence-corrected chi connectivity index (χ0v) is 8.24. The van der Waals surface area contributed by atoms with Crippen LogP contribution in [-0.2, 0) is 13.0 Å². The summed E-state index contributed by atoms with van der Waals surface area (Å²) in [6.45, 7) is -0.177. The van der Waals surface area contributed by atoms with E-state index in [-0.39, 0.29) is 35.3 Å². The van der Waals surface area contributed by atoms with E-state index in [2.05, 4.69) is 4.98 Å². The lowest BCUT2D eigenvalue weighted by atomic mass is 10.0. The van der Waals surface area contributed by atoms with Gasteiger partial charge in [0.05, 0.1) is 23.7 Å². The molecule has 4 nitrogen and oxygen atoms in total. The first-order valence-corrected chi connectivity index (χ1v) is 4.41. The normalized spacial score (nSPS) is 9.88. The number of pyridine rings is 1. The van der Waals surface area contributed by atoms with Crippen molar-refractivity contribution in [3.63, 3.8) is 0 Å². The van der Waals surface area contributed by atoms with E-state index in [1.807, 2.05) is 0 Å². The Morgan fingerprint density at radius 1 is 1.44 bits per heavy atom. The Labute approximate surface area is 90.9 Å². The molecule has 0 saturated carbocycles. The molecule has 1 aromatic rings. The zero-order chi connectivity index (χ0) is 12.1. The molecule has 0 amide bonds. The van der Waals surface area contributed by atoms with Gasteiger partial charge >= 0.3 is 0 Å². The highest BCUT2D eigenvalue weighted by Crippen LogP contribution is 2.27. The van der Waals surface area contributed by atoms with Crippen molar-refractivity contribution in [2.75, 3.05) is 0 Å². The molecular weight excluding hydrogens is 214 g/mol. The largest absolute Gasteiger partial charge is 0.326 e. The Bertz CT molecular complexity index is 471. The molecule has 2 N–H and O–H groups in total. The molecule has 0 atom stereocenters. The van der Waals surface area contributed by atoms with Gasteiger partial charge < -0.3 is 5.73 Å². The molecule has 0 aliphatic carbocycles. The third-order valence-corrected chi connectivity index (χ3v) is 2.10. The molecule has 0 unspecified atom stereocenters. The number of aromatic nitrogens is 1. The van der Waals surface area contributed by atoms with E-state index >= 15 is 0 Å². The van der Waals surface area contributed by atoms with Crippen molar-refractivity contribution in [2.45, 2.75) is 19.4 Å². The third kappa shape index (κ3) is 2.13. The molecule has 1 heterocycles. The Kier molecular flexibility index (Phi) is 3.87. The fraction of sp³-hybridized carbons (Fsp3) is 0.300. The first-order valence-electron chi connectivity index (χ1n) is 4.41. The molecule has 0 aromatic carbocycles. The number of halogens is 2. The van der Waals surface area contributed by atoms with Crippen LogP contribution in [0.1, 0.15) is 28.8 Å². The summed E-state index contributed by atoms with van der Waals surface area (Å²) in [6.07, 6.45) is -1.85. The lowest BCUT2D eigenvalue weighted by molar-refractivity contribution is 0.148. The molecule has 0 fully saturated rings. The summed E-state index contributed by atoms with van der Waals surface area (Å²) in [4.78, 5) is 3.69. The topological polar surface area (TPSA) is 86.5 Å². The number of nitriles is 2. The first-order chi connectivity index (χ1) is 7.65. The van der Waals surface area contributed by atoms with Crippen LogP contribution in [0, 0.1) is 22.7 Å². The Morgan fingerprint density at radius 2 is 2.12 bits per heavy atom. The van der Waals surface area contributed by atoms with Crippen molar-refractivity contribution in [3.8, 4) is 12.1 Å². The smallest absolute Gasteiger partial charge is 0.265 e. The van der Waals surface area contributed by atoms with Crippen LogP contribution in [0.5, 0.6) is 0 Å². The maximum atomic E-state index is 12.8. The summed E-state index contributed by atoms with van der Waals surface area (Å²) in [5.41, 5.74) is 5.03. The summed E-state index contributed by atoms with van der Waals surface area (Å²) in [6, 6.07) is 3.50. The van der Waals surface area contributed by atoms with Crippen molar-refractivity contribution in [3.05, 3.63) is 28.6 Å². The number of nitrogens with zero attached hydrogens (tertiary/aromatic N) is 3. The van der Waals surface area contributed by atoms with Gasteiger partial charge in [0.25, 0.3) is 6.43 Å². The average molecular weight is 222 g/mol. The fourth-order valence-corrected chi connectivity index (χ4v) is 1.40. The molecule has 1 rings (SSSR count). The minimum atomic E-state index is -2.79. The van der Waals surface area contributed by atoms with Crippen LogP contribution in [0.2, 0.25) is 0 Å². The maximum Gasteiger partial charge on any atom is 0.265 e. The van der Waals surface area contributed by atoms with Crippen LogP contribution in [0.4, 0.5) is 8.78 Å². The lowest BCUT2D eigenvalue weighted by Crippen LogP contribution is -2.10. The molecular formula is C10H8F2N4. The van der Waals surface area contributed by atoms with E-state index in [0.29, 0.717) is 0 Å². The second kappa shape index (κ2) is 5.15. The summed E-state index contributed by atoms with van der Waals surface area (Å²) in [7, 11) is 0. The van der Waals surface area contributed by atoms with Gasteiger partial charge in [-0.2, -0.15) is 10.5 Å². The van der Waals surface area contributed by atoms with Gasteiger partial charge in [-0.05, 0) is 5.56 Å². The Morgan fingerprint density at radius 3 is 2.56 bits per heavy atom. The highest BCUT2D eigenvalue weighted by Gasteiger charge is 2.21. The van der Waals surface area contributed by atoms with Crippen LogP contribution in [0.25, 0.3) is 0 Å². The van der Waals surface area contributed by atoms with Crippen molar-refractivity contribution >= 4 is 0 Å². The number of alkyl halides is 2. The molecule has 1 aromatic heterocycles. The third-order valence-electron chi connectivity index (χ3n) is 2.10. The number of nitrogens with two attached hydrogens (primary N) is 1. The second-order valence-corrected chi connectivity index (χ2v) is 2.96. The van der Waals surface area contributed by atoms with E-state index in [1.165, 1.54) is 6.20 Å². The number of hydrogen-bond donors (Lipinski definition) is 1. The van der Waals surface area contributed by atoms with E-state index in [4.69, 9.17) is 16.3 Å². The van der Waals surface area contributed by atoms with Gasteiger partial charge in [0.15, 0.2) is 0 Å². The van der Waals surface area contributed by atoms with E-state index in [0.717, 1.165) is 0 Å². The van der Waals surface area contributed by atoms with Crippen LogP contribution in [-0.4, -0.2) is 4.98 Å². The molecule has 0 aliphatic rings. The molecule has 0 spiro atoms. The molecule has 6 heteroatoms. The summed E-state index contributed by atoms with van der Waals surface area (Å²) >= 11 is 0. The average Bonchev–Trinajstić information content (AvgIpc) is 2.28. The Balaban J connectivity index is 3.46. The predicted octanol–water partition coefficient (Wildman–Crippen LogP) is 1.42. The molecule has 0 radical (unpaired) electrons. The highest BCUT2D eigenvalue weighted by atomic mass is 19.3. The SMILES string of the molecule is N#CCc1ncc(C#N)c(CN)c1C(F)F. The number of rotatable bonds is 3. The van der Waals surface area contributed by atoms with Crippen LogP contribution in [0.3, 0.4) is 0 Å². The van der Waals surface area contributed by atoms with Crippen LogP contribution < -0.4 is 5.73 Å². The summed E-state index contributed by atoms with van der Waals surface area (Å²) in [5, 5.41) is 17.2. The molecule has 82 valence electrons. The van der Waals surface area contributed by atoms with Gasteiger partial charge in [-0.15, -0.1) is 0 Å². The van der Waals surface area contributed by atoms with E-state index in [1.54, 1.807) is 12.1 Å². The molecule has 0 saturated heterocycles. The van der Waals surface area contributed by atoms with Gasteiger partial charge in [0, 0.05) is 18.3 Å². The fourth-order valence-electron chi connectivity index (χ4n) is 1.40. The first kappa shape index (κ1) is 12.0. The Hall–Kier alpha value is -2.05. The van der Waals surface area contributed by atoms with E-state index in [9.17, 15) is 8.78 Å². The van der Waals surface area contributed by atoms with Gasteiger partial charge in [-0.3, -0.25) is 4.98 Å². The van der Waals surface area contributed by atoms with Crippen molar-refractivity contribution in [2.24, 2.45) is 5.73 Å². The van der Waals surface area contributed by atoms with E-state index < -0.39 is 6.43 Å². The monoisotopic (exact) mass is 222 g/mol. The van der Waals surface area contributed by atoms with Crippen LogP contribution in [0.15, 0.2) is 6.20 Å². The maximum absolute atomic E-state index is 12.8. The second-order valence-electron chi connectivity index (χ2n) is 2.96. The minimum Gasteiger partial charge on any atom is -0.326 e. The highest BCUT2D eigenvalue weighted by molar-refractivity contribution is 5.44. The standard InChI is InChI=1S/C10H8F2N4/c11-10(12)9-7(4-15)6(3-14)5-16-8(9)1-2-13/h5,10H,1,4,15H2. The molecule has 0 bridgehead atoms.